The van der Waals surface area contributed by atoms with E-state index in [1.165, 1.54) is 19.3 Å². The minimum absolute atomic E-state index is 0.272. The van der Waals surface area contributed by atoms with E-state index in [2.05, 4.69) is 10.6 Å². The third-order valence-electron chi connectivity index (χ3n) is 4.60. The molecule has 142 valence electrons. The van der Waals surface area contributed by atoms with Gasteiger partial charge in [0.2, 0.25) is 0 Å². The summed E-state index contributed by atoms with van der Waals surface area (Å²) in [6, 6.07) is 5.96. The molecular weight excluding hydrogens is 334 g/mol. The van der Waals surface area contributed by atoms with E-state index in [1.54, 1.807) is 31.2 Å². The summed E-state index contributed by atoms with van der Waals surface area (Å²) in [7, 11) is 0. The van der Waals surface area contributed by atoms with Gasteiger partial charge in [-0.05, 0) is 43.4 Å². The molecule has 1 aliphatic carbocycles. The van der Waals surface area contributed by atoms with Crippen LogP contribution in [-0.2, 0) is 16.1 Å². The number of carbonyl (C=O) groups is 3. The van der Waals surface area contributed by atoms with Crippen molar-refractivity contribution in [2.24, 2.45) is 11.7 Å². The summed E-state index contributed by atoms with van der Waals surface area (Å²) in [4.78, 5) is 35.0. The SMILES string of the molecule is CC(OC(=O)c1ccc(CNC(N)=O)cc1)C(=O)NCC1CCCCC1. The van der Waals surface area contributed by atoms with Crippen LogP contribution in [0.4, 0.5) is 4.79 Å². The second kappa shape index (κ2) is 9.79. The summed E-state index contributed by atoms with van der Waals surface area (Å²) in [5, 5.41) is 5.35. The average molecular weight is 361 g/mol. The smallest absolute Gasteiger partial charge is 0.338 e. The zero-order valence-corrected chi connectivity index (χ0v) is 15.1. The van der Waals surface area contributed by atoms with Crippen LogP contribution in [-0.4, -0.2) is 30.6 Å². The number of benzene rings is 1. The highest BCUT2D eigenvalue weighted by Gasteiger charge is 2.20. The largest absolute Gasteiger partial charge is 0.449 e. The van der Waals surface area contributed by atoms with Crippen molar-refractivity contribution >= 4 is 17.9 Å². The van der Waals surface area contributed by atoms with Crippen molar-refractivity contribution in [3.05, 3.63) is 35.4 Å². The molecule has 1 fully saturated rings. The lowest BCUT2D eigenvalue weighted by Crippen LogP contribution is -2.38. The number of hydrogen-bond donors (Lipinski definition) is 3. The lowest BCUT2D eigenvalue weighted by Gasteiger charge is -2.22. The summed E-state index contributed by atoms with van der Waals surface area (Å²) in [6.45, 7) is 2.49. The Labute approximate surface area is 153 Å². The summed E-state index contributed by atoms with van der Waals surface area (Å²) in [5.74, 6) is -0.303. The van der Waals surface area contributed by atoms with Crippen molar-refractivity contribution < 1.29 is 19.1 Å². The molecule has 3 amide bonds. The molecule has 1 aromatic rings. The second-order valence-corrected chi connectivity index (χ2v) is 6.71. The fraction of sp³-hybridized carbons (Fsp3) is 0.526. The van der Waals surface area contributed by atoms with Crippen LogP contribution in [0.1, 0.15) is 54.9 Å². The summed E-state index contributed by atoms with van der Waals surface area (Å²) in [6.07, 6.45) is 5.15. The minimum Gasteiger partial charge on any atom is -0.449 e. The Bertz CT molecular complexity index is 624. The maximum Gasteiger partial charge on any atom is 0.338 e. The molecule has 1 aromatic carbocycles. The molecule has 1 atom stereocenters. The van der Waals surface area contributed by atoms with Crippen LogP contribution in [0.2, 0.25) is 0 Å². The van der Waals surface area contributed by atoms with E-state index in [4.69, 9.17) is 10.5 Å². The first-order valence-corrected chi connectivity index (χ1v) is 9.06. The fourth-order valence-electron chi connectivity index (χ4n) is 3.01. The Morgan fingerprint density at radius 1 is 1.12 bits per heavy atom. The van der Waals surface area contributed by atoms with E-state index < -0.39 is 18.1 Å². The van der Waals surface area contributed by atoms with Gasteiger partial charge in [-0.25, -0.2) is 9.59 Å². The predicted octanol–water partition coefficient (Wildman–Crippen LogP) is 2.10. The highest BCUT2D eigenvalue weighted by atomic mass is 16.5. The third-order valence-corrected chi connectivity index (χ3v) is 4.60. The molecule has 1 aliphatic rings. The molecule has 0 heterocycles. The van der Waals surface area contributed by atoms with Crippen LogP contribution in [0, 0.1) is 5.92 Å². The Kier molecular flexibility index (Phi) is 7.44. The zero-order chi connectivity index (χ0) is 18.9. The van der Waals surface area contributed by atoms with Gasteiger partial charge in [-0.1, -0.05) is 31.4 Å². The van der Waals surface area contributed by atoms with Crippen molar-refractivity contribution in [3.8, 4) is 0 Å². The summed E-state index contributed by atoms with van der Waals surface area (Å²) < 4.78 is 5.24. The van der Waals surface area contributed by atoms with Crippen molar-refractivity contribution in [2.45, 2.75) is 51.7 Å². The first-order valence-electron chi connectivity index (χ1n) is 9.06. The molecule has 0 bridgehead atoms. The molecule has 4 N–H and O–H groups in total. The van der Waals surface area contributed by atoms with E-state index in [-0.39, 0.29) is 12.5 Å². The average Bonchev–Trinajstić information content (AvgIpc) is 2.65. The van der Waals surface area contributed by atoms with Crippen molar-refractivity contribution in [1.29, 1.82) is 0 Å². The van der Waals surface area contributed by atoms with Crippen LogP contribution in [0.5, 0.6) is 0 Å². The standard InChI is InChI=1S/C19H27N3O4/c1-13(17(23)21-11-14-5-3-2-4-6-14)26-18(24)16-9-7-15(8-10-16)12-22-19(20)25/h7-10,13-14H,2-6,11-12H2,1H3,(H,21,23)(H3,20,22,25). The minimum atomic E-state index is -0.845. The maximum absolute atomic E-state index is 12.2. The van der Waals surface area contributed by atoms with Gasteiger partial charge in [0.25, 0.3) is 5.91 Å². The number of urea groups is 1. The lowest BCUT2D eigenvalue weighted by molar-refractivity contribution is -0.129. The molecule has 0 spiro atoms. The van der Waals surface area contributed by atoms with Gasteiger partial charge in [-0.15, -0.1) is 0 Å². The third kappa shape index (κ3) is 6.38. The van der Waals surface area contributed by atoms with Crippen molar-refractivity contribution in [3.63, 3.8) is 0 Å². The molecule has 7 heteroatoms. The number of hydrogen-bond acceptors (Lipinski definition) is 4. The number of carbonyl (C=O) groups excluding carboxylic acids is 3. The van der Waals surface area contributed by atoms with Crippen LogP contribution in [0.15, 0.2) is 24.3 Å². The van der Waals surface area contributed by atoms with Gasteiger partial charge in [-0.3, -0.25) is 4.79 Å². The Morgan fingerprint density at radius 2 is 1.77 bits per heavy atom. The number of amides is 3. The number of esters is 1. The van der Waals surface area contributed by atoms with Gasteiger partial charge < -0.3 is 21.1 Å². The van der Waals surface area contributed by atoms with Gasteiger partial charge in [0.15, 0.2) is 6.10 Å². The van der Waals surface area contributed by atoms with Crippen LogP contribution < -0.4 is 16.4 Å². The van der Waals surface area contributed by atoms with Crippen molar-refractivity contribution in [1.82, 2.24) is 10.6 Å². The van der Waals surface area contributed by atoms with Gasteiger partial charge in [-0.2, -0.15) is 0 Å². The molecule has 2 rings (SSSR count). The van der Waals surface area contributed by atoms with Crippen LogP contribution in [0.3, 0.4) is 0 Å². The van der Waals surface area contributed by atoms with E-state index in [9.17, 15) is 14.4 Å². The molecule has 1 saturated carbocycles. The van der Waals surface area contributed by atoms with Crippen LogP contribution >= 0.6 is 0 Å². The number of nitrogens with two attached hydrogens (primary N) is 1. The highest BCUT2D eigenvalue weighted by molar-refractivity contribution is 5.92. The normalized spacial score (nSPS) is 15.7. The lowest BCUT2D eigenvalue weighted by atomic mass is 9.89. The molecule has 1 unspecified atom stereocenters. The number of nitrogens with one attached hydrogen (secondary N) is 2. The first kappa shape index (κ1) is 19.8. The van der Waals surface area contributed by atoms with E-state index in [0.29, 0.717) is 18.0 Å². The molecule has 0 aromatic heterocycles. The Hall–Kier alpha value is -2.57. The van der Waals surface area contributed by atoms with Gasteiger partial charge in [0, 0.05) is 13.1 Å². The first-order chi connectivity index (χ1) is 12.5. The Balaban J connectivity index is 1.77. The van der Waals surface area contributed by atoms with Gasteiger partial charge in [0.1, 0.15) is 0 Å². The van der Waals surface area contributed by atoms with E-state index in [0.717, 1.165) is 18.4 Å². The fourth-order valence-corrected chi connectivity index (χ4v) is 3.01. The second-order valence-electron chi connectivity index (χ2n) is 6.71. The highest BCUT2D eigenvalue weighted by Crippen LogP contribution is 2.22. The van der Waals surface area contributed by atoms with E-state index in [1.807, 2.05) is 0 Å². The molecular formula is C19H27N3O4. The summed E-state index contributed by atoms with van der Waals surface area (Å²) >= 11 is 0. The van der Waals surface area contributed by atoms with E-state index >= 15 is 0 Å². The molecule has 26 heavy (non-hydrogen) atoms. The summed E-state index contributed by atoms with van der Waals surface area (Å²) in [5.41, 5.74) is 6.16. The topological polar surface area (TPSA) is 111 Å². The maximum atomic E-state index is 12.2. The predicted molar refractivity (Wildman–Crippen MR) is 97.3 cm³/mol. The molecule has 0 aliphatic heterocycles. The van der Waals surface area contributed by atoms with Gasteiger partial charge in [0.05, 0.1) is 5.56 Å². The van der Waals surface area contributed by atoms with Crippen LogP contribution in [0.25, 0.3) is 0 Å². The zero-order valence-electron chi connectivity index (χ0n) is 15.1. The Morgan fingerprint density at radius 3 is 2.38 bits per heavy atom. The van der Waals surface area contributed by atoms with Gasteiger partial charge >= 0.3 is 12.0 Å². The quantitative estimate of drug-likeness (QED) is 0.646. The van der Waals surface area contributed by atoms with Crippen molar-refractivity contribution in [2.75, 3.05) is 6.54 Å². The molecule has 0 radical (unpaired) electrons. The molecule has 0 saturated heterocycles. The monoisotopic (exact) mass is 361 g/mol. The number of rotatable bonds is 7. The number of primary amides is 1. The number of ether oxygens (including phenoxy) is 1. The molecule has 7 nitrogen and oxygen atoms in total.